The van der Waals surface area contributed by atoms with Crippen molar-refractivity contribution in [3.8, 4) is 0 Å². The summed E-state index contributed by atoms with van der Waals surface area (Å²) < 4.78 is 5.33. The normalized spacial score (nSPS) is 17.5. The van der Waals surface area contributed by atoms with Gasteiger partial charge in [0.15, 0.2) is 5.89 Å². The second-order valence-electron chi connectivity index (χ2n) is 4.57. The number of hydrogen-bond donors (Lipinski definition) is 1. The second kappa shape index (κ2) is 4.87. The summed E-state index contributed by atoms with van der Waals surface area (Å²) in [6.45, 7) is 5.10. The lowest BCUT2D eigenvalue weighted by molar-refractivity contribution is 0.0618. The molecule has 1 N–H and O–H groups in total. The molecular formula is C12H18N2O3. The lowest BCUT2D eigenvalue weighted by Gasteiger charge is -2.30. The molecule has 1 aliphatic heterocycles. The highest BCUT2D eigenvalue weighted by Crippen LogP contribution is 2.20. The van der Waals surface area contributed by atoms with Crippen LogP contribution in [0.4, 0.5) is 0 Å². The highest BCUT2D eigenvalue weighted by Gasteiger charge is 2.26. The van der Waals surface area contributed by atoms with Gasteiger partial charge in [0.1, 0.15) is 0 Å². The molecule has 1 saturated heterocycles. The number of carbonyl (C=O) groups is 1. The number of nitrogens with zero attached hydrogens (tertiary/aromatic N) is 2. The zero-order valence-corrected chi connectivity index (χ0v) is 10.3. The summed E-state index contributed by atoms with van der Waals surface area (Å²) in [5.74, 6) is 1.12. The number of piperidine rings is 1. The second-order valence-corrected chi connectivity index (χ2v) is 4.57. The lowest BCUT2D eigenvalue weighted by Crippen LogP contribution is -2.39. The van der Waals surface area contributed by atoms with Crippen LogP contribution in [-0.2, 0) is 0 Å². The summed E-state index contributed by atoms with van der Waals surface area (Å²) in [7, 11) is 0. The van der Waals surface area contributed by atoms with E-state index in [2.05, 4.69) is 4.98 Å². The molecule has 0 aliphatic carbocycles. The van der Waals surface area contributed by atoms with Crippen molar-refractivity contribution in [1.82, 2.24) is 9.88 Å². The Labute approximate surface area is 100 Å². The van der Waals surface area contributed by atoms with Crippen molar-refractivity contribution in [2.75, 3.05) is 19.7 Å². The molecule has 2 rings (SSSR count). The highest BCUT2D eigenvalue weighted by molar-refractivity contribution is 5.92. The fourth-order valence-corrected chi connectivity index (χ4v) is 2.19. The van der Waals surface area contributed by atoms with Crippen LogP contribution in [0.25, 0.3) is 0 Å². The van der Waals surface area contributed by atoms with Crippen LogP contribution in [0.15, 0.2) is 4.42 Å². The molecule has 1 fully saturated rings. The van der Waals surface area contributed by atoms with E-state index in [0.717, 1.165) is 12.8 Å². The Balaban J connectivity index is 2.04. The minimum absolute atomic E-state index is 0.0838. The molecule has 1 amide bonds. The molecule has 5 heteroatoms. The van der Waals surface area contributed by atoms with Crippen molar-refractivity contribution in [1.29, 1.82) is 0 Å². The average Bonchev–Trinajstić information content (AvgIpc) is 2.68. The van der Waals surface area contributed by atoms with Crippen LogP contribution >= 0.6 is 0 Å². The number of oxazole rings is 1. The van der Waals surface area contributed by atoms with Gasteiger partial charge in [-0.05, 0) is 25.7 Å². The fourth-order valence-electron chi connectivity index (χ4n) is 2.19. The molecule has 0 saturated carbocycles. The van der Waals surface area contributed by atoms with Crippen molar-refractivity contribution >= 4 is 5.91 Å². The average molecular weight is 238 g/mol. The maximum absolute atomic E-state index is 12.2. The van der Waals surface area contributed by atoms with Gasteiger partial charge in [0.25, 0.3) is 5.91 Å². The van der Waals surface area contributed by atoms with Gasteiger partial charge in [0.2, 0.25) is 5.76 Å². The summed E-state index contributed by atoms with van der Waals surface area (Å²) in [5.41, 5.74) is 0.650. The summed E-state index contributed by atoms with van der Waals surface area (Å²) in [4.78, 5) is 18.0. The van der Waals surface area contributed by atoms with Gasteiger partial charge in [-0.25, -0.2) is 4.98 Å². The van der Waals surface area contributed by atoms with E-state index in [9.17, 15) is 4.79 Å². The van der Waals surface area contributed by atoms with Crippen molar-refractivity contribution in [3.63, 3.8) is 0 Å². The Morgan fingerprint density at radius 2 is 2.12 bits per heavy atom. The largest absolute Gasteiger partial charge is 0.436 e. The first-order chi connectivity index (χ1) is 8.11. The molecule has 0 aromatic carbocycles. The van der Waals surface area contributed by atoms with Gasteiger partial charge < -0.3 is 14.4 Å². The van der Waals surface area contributed by atoms with Crippen LogP contribution in [0, 0.1) is 19.8 Å². The number of aliphatic hydroxyl groups excluding tert-OH is 1. The first kappa shape index (κ1) is 12.1. The molecule has 0 spiro atoms. The maximum atomic E-state index is 12.2. The molecular weight excluding hydrogens is 220 g/mol. The van der Waals surface area contributed by atoms with Crippen LogP contribution in [0.3, 0.4) is 0 Å². The fraction of sp³-hybridized carbons (Fsp3) is 0.667. The predicted octanol–water partition coefficient (Wildman–Crippen LogP) is 1.14. The minimum Gasteiger partial charge on any atom is -0.436 e. The van der Waals surface area contributed by atoms with E-state index in [4.69, 9.17) is 9.52 Å². The summed E-state index contributed by atoms with van der Waals surface area (Å²) in [5, 5.41) is 9.05. The Hall–Kier alpha value is -1.36. The molecule has 94 valence electrons. The predicted molar refractivity (Wildman–Crippen MR) is 61.7 cm³/mol. The van der Waals surface area contributed by atoms with Gasteiger partial charge >= 0.3 is 0 Å². The number of hydrogen-bond acceptors (Lipinski definition) is 4. The lowest BCUT2D eigenvalue weighted by atomic mass is 9.98. The summed E-state index contributed by atoms with van der Waals surface area (Å²) in [6.07, 6.45) is 1.71. The number of aromatic nitrogens is 1. The Morgan fingerprint density at radius 3 is 2.59 bits per heavy atom. The Kier molecular flexibility index (Phi) is 3.47. The van der Waals surface area contributed by atoms with Gasteiger partial charge in [0.05, 0.1) is 5.69 Å². The molecule has 0 atom stereocenters. The number of likely N-dealkylation sites (tertiary alicyclic amines) is 1. The third-order valence-corrected chi connectivity index (χ3v) is 3.26. The van der Waals surface area contributed by atoms with Crippen LogP contribution in [0.2, 0.25) is 0 Å². The number of rotatable bonds is 2. The number of amides is 1. The molecule has 2 heterocycles. The van der Waals surface area contributed by atoms with Gasteiger partial charge in [-0.2, -0.15) is 0 Å². The van der Waals surface area contributed by atoms with E-state index in [1.807, 2.05) is 0 Å². The number of aryl methyl sites for hydroxylation is 2. The van der Waals surface area contributed by atoms with E-state index in [1.165, 1.54) is 0 Å². The Bertz CT molecular complexity index is 406. The van der Waals surface area contributed by atoms with Crippen molar-refractivity contribution in [3.05, 3.63) is 17.3 Å². The maximum Gasteiger partial charge on any atom is 0.291 e. The molecule has 0 unspecified atom stereocenters. The molecule has 1 aliphatic rings. The number of carbonyl (C=O) groups excluding carboxylic acids is 1. The van der Waals surface area contributed by atoms with Crippen LogP contribution in [-0.4, -0.2) is 40.6 Å². The van der Waals surface area contributed by atoms with Gasteiger partial charge in [0, 0.05) is 26.6 Å². The third-order valence-electron chi connectivity index (χ3n) is 3.26. The summed E-state index contributed by atoms with van der Waals surface area (Å²) >= 11 is 0. The molecule has 5 nitrogen and oxygen atoms in total. The minimum atomic E-state index is -0.0838. The van der Waals surface area contributed by atoms with Gasteiger partial charge in [-0.15, -0.1) is 0 Å². The summed E-state index contributed by atoms with van der Waals surface area (Å²) in [6, 6.07) is 0. The van der Waals surface area contributed by atoms with Gasteiger partial charge in [-0.3, -0.25) is 4.79 Å². The van der Waals surface area contributed by atoms with Crippen LogP contribution < -0.4 is 0 Å². The van der Waals surface area contributed by atoms with Crippen molar-refractivity contribution < 1.29 is 14.3 Å². The van der Waals surface area contributed by atoms with E-state index in [0.29, 0.717) is 36.4 Å². The third kappa shape index (κ3) is 2.49. The zero-order valence-electron chi connectivity index (χ0n) is 10.3. The molecule has 1 aromatic heterocycles. The quantitative estimate of drug-likeness (QED) is 0.839. The molecule has 0 radical (unpaired) electrons. The first-order valence-corrected chi connectivity index (χ1v) is 5.96. The topological polar surface area (TPSA) is 66.6 Å². The van der Waals surface area contributed by atoms with E-state index in [-0.39, 0.29) is 12.5 Å². The van der Waals surface area contributed by atoms with Crippen LogP contribution in [0.1, 0.15) is 35.0 Å². The van der Waals surface area contributed by atoms with Crippen molar-refractivity contribution in [2.24, 2.45) is 5.92 Å². The van der Waals surface area contributed by atoms with E-state index < -0.39 is 0 Å². The van der Waals surface area contributed by atoms with Gasteiger partial charge in [-0.1, -0.05) is 0 Å². The SMILES string of the molecule is Cc1nc(C)c(C(=O)N2CCC(CO)CC2)o1. The van der Waals surface area contributed by atoms with E-state index in [1.54, 1.807) is 18.7 Å². The molecule has 0 bridgehead atoms. The zero-order chi connectivity index (χ0) is 12.4. The smallest absolute Gasteiger partial charge is 0.291 e. The number of aliphatic hydroxyl groups is 1. The monoisotopic (exact) mass is 238 g/mol. The van der Waals surface area contributed by atoms with E-state index >= 15 is 0 Å². The Morgan fingerprint density at radius 1 is 1.47 bits per heavy atom. The molecule has 17 heavy (non-hydrogen) atoms. The first-order valence-electron chi connectivity index (χ1n) is 5.96. The van der Waals surface area contributed by atoms with Crippen LogP contribution in [0.5, 0.6) is 0 Å². The molecule has 1 aromatic rings. The standard InChI is InChI=1S/C12H18N2O3/c1-8-11(17-9(2)13-8)12(16)14-5-3-10(7-15)4-6-14/h10,15H,3-7H2,1-2H3. The van der Waals surface area contributed by atoms with Crippen molar-refractivity contribution in [2.45, 2.75) is 26.7 Å². The highest BCUT2D eigenvalue weighted by atomic mass is 16.4.